The van der Waals surface area contributed by atoms with Crippen LogP contribution in [0.4, 0.5) is 5.69 Å². The highest BCUT2D eigenvalue weighted by atomic mass is 16.5. The highest BCUT2D eigenvalue weighted by molar-refractivity contribution is 5.94. The van der Waals surface area contributed by atoms with Gasteiger partial charge in [0.2, 0.25) is 5.91 Å². The van der Waals surface area contributed by atoms with Crippen LogP contribution in [0.15, 0.2) is 24.3 Å². The first-order chi connectivity index (χ1) is 10.1. The molecule has 2 atom stereocenters. The Hall–Kier alpha value is -1.90. The van der Waals surface area contributed by atoms with Gasteiger partial charge in [0.15, 0.2) is 0 Å². The molecule has 0 saturated carbocycles. The molecule has 21 heavy (non-hydrogen) atoms. The molecule has 0 aromatic heterocycles. The molecule has 1 aliphatic rings. The minimum Gasteiger partial charge on any atom is -0.384 e. The average molecular weight is 287 g/mol. The predicted molar refractivity (Wildman–Crippen MR) is 80.8 cm³/mol. The van der Waals surface area contributed by atoms with Crippen molar-refractivity contribution in [3.63, 3.8) is 0 Å². The summed E-state index contributed by atoms with van der Waals surface area (Å²) in [7, 11) is 1.71. The third-order valence-corrected chi connectivity index (χ3v) is 3.93. The van der Waals surface area contributed by atoms with Crippen LogP contribution in [0.25, 0.3) is 0 Å². The van der Waals surface area contributed by atoms with E-state index in [1.54, 1.807) is 31.4 Å². The molecule has 1 saturated heterocycles. The largest absolute Gasteiger partial charge is 0.384 e. The summed E-state index contributed by atoms with van der Waals surface area (Å²) in [5, 5.41) is 11.7. The van der Waals surface area contributed by atoms with E-state index in [0.717, 1.165) is 31.8 Å². The van der Waals surface area contributed by atoms with Crippen LogP contribution in [0.1, 0.15) is 18.9 Å². The first-order valence-electron chi connectivity index (χ1n) is 7.18. The fourth-order valence-corrected chi connectivity index (χ4v) is 2.63. The topological polar surface area (TPSA) is 65.4 Å². The predicted octanol–water partition coefficient (Wildman–Crippen LogP) is 1.85. The molecule has 1 heterocycles. The van der Waals surface area contributed by atoms with Gasteiger partial charge >= 0.3 is 0 Å². The fraction of sp³-hybridized carbons (Fsp3) is 0.500. The van der Waals surface area contributed by atoms with E-state index in [0.29, 0.717) is 11.5 Å². The third kappa shape index (κ3) is 4.03. The summed E-state index contributed by atoms with van der Waals surface area (Å²) in [5.41, 5.74) is 1.31. The Kier molecular flexibility index (Phi) is 5.32. The Balaban J connectivity index is 1.89. The Morgan fingerprint density at radius 2 is 2.24 bits per heavy atom. The highest BCUT2D eigenvalue weighted by Crippen LogP contribution is 2.19. The van der Waals surface area contributed by atoms with Crippen molar-refractivity contribution in [2.75, 3.05) is 32.1 Å². The van der Waals surface area contributed by atoms with Gasteiger partial charge in [-0.1, -0.05) is 0 Å². The number of ether oxygens (including phenoxy) is 1. The lowest BCUT2D eigenvalue weighted by atomic mass is 10.1. The summed E-state index contributed by atoms with van der Waals surface area (Å²) < 4.78 is 5.18. The van der Waals surface area contributed by atoms with Crippen molar-refractivity contribution in [1.82, 2.24) is 4.90 Å². The number of carbonyl (C=O) groups excluding carboxylic acids is 1. The van der Waals surface area contributed by atoms with Gasteiger partial charge in [0, 0.05) is 19.3 Å². The number of hydrogen-bond donors (Lipinski definition) is 1. The maximum Gasteiger partial charge on any atom is 0.241 e. The first kappa shape index (κ1) is 15.5. The molecular weight excluding hydrogens is 266 g/mol. The minimum atomic E-state index is -0.164. The molecule has 5 heteroatoms. The van der Waals surface area contributed by atoms with Crippen LogP contribution in [0.5, 0.6) is 0 Å². The SMILES string of the molecule is COCC1CCN(C(C)C(=O)Nc2ccc(C#N)cc2)C1. The fourth-order valence-electron chi connectivity index (χ4n) is 2.63. The molecule has 2 unspecified atom stereocenters. The molecule has 0 radical (unpaired) electrons. The van der Waals surface area contributed by atoms with Crippen LogP contribution in [0, 0.1) is 17.2 Å². The summed E-state index contributed by atoms with van der Waals surface area (Å²) in [6, 6.07) is 8.79. The molecule has 1 aromatic rings. The molecule has 1 amide bonds. The van der Waals surface area contributed by atoms with Crippen molar-refractivity contribution in [3.8, 4) is 6.07 Å². The molecule has 2 rings (SSSR count). The normalized spacial score (nSPS) is 20.0. The van der Waals surface area contributed by atoms with E-state index >= 15 is 0 Å². The number of amides is 1. The number of hydrogen-bond acceptors (Lipinski definition) is 4. The van der Waals surface area contributed by atoms with Gasteiger partial charge in [-0.2, -0.15) is 5.26 Å². The minimum absolute atomic E-state index is 0.0159. The number of benzene rings is 1. The number of carbonyl (C=O) groups is 1. The van der Waals surface area contributed by atoms with Crippen LogP contribution in [-0.4, -0.2) is 43.7 Å². The molecule has 1 fully saturated rings. The van der Waals surface area contributed by atoms with E-state index in [1.807, 2.05) is 6.92 Å². The van der Waals surface area contributed by atoms with Crippen molar-refractivity contribution in [3.05, 3.63) is 29.8 Å². The Bertz CT molecular complexity index is 521. The molecule has 1 N–H and O–H groups in total. The zero-order valence-corrected chi connectivity index (χ0v) is 12.5. The van der Waals surface area contributed by atoms with Gasteiger partial charge in [0.05, 0.1) is 24.3 Å². The lowest BCUT2D eigenvalue weighted by Gasteiger charge is -2.23. The van der Waals surface area contributed by atoms with Gasteiger partial charge in [-0.25, -0.2) is 0 Å². The van der Waals surface area contributed by atoms with E-state index in [2.05, 4.69) is 16.3 Å². The number of nitrogens with one attached hydrogen (secondary N) is 1. The van der Waals surface area contributed by atoms with Gasteiger partial charge in [-0.15, -0.1) is 0 Å². The Labute approximate surface area is 125 Å². The average Bonchev–Trinajstić information content (AvgIpc) is 2.96. The molecule has 5 nitrogen and oxygen atoms in total. The second-order valence-corrected chi connectivity index (χ2v) is 5.46. The number of methoxy groups -OCH3 is 1. The van der Waals surface area contributed by atoms with Gasteiger partial charge in [0.1, 0.15) is 0 Å². The summed E-state index contributed by atoms with van der Waals surface area (Å²) >= 11 is 0. The number of anilines is 1. The quantitative estimate of drug-likeness (QED) is 0.897. The standard InChI is InChI=1S/C16H21N3O2/c1-12(19-8-7-14(10-19)11-21-2)16(20)18-15-5-3-13(9-17)4-6-15/h3-6,12,14H,7-8,10-11H2,1-2H3,(H,18,20). The summed E-state index contributed by atoms with van der Waals surface area (Å²) in [4.78, 5) is 14.5. The molecule has 112 valence electrons. The van der Waals surface area contributed by atoms with Crippen molar-refractivity contribution >= 4 is 11.6 Å². The van der Waals surface area contributed by atoms with E-state index in [-0.39, 0.29) is 11.9 Å². The lowest BCUT2D eigenvalue weighted by molar-refractivity contribution is -0.120. The van der Waals surface area contributed by atoms with Crippen LogP contribution in [-0.2, 0) is 9.53 Å². The van der Waals surface area contributed by atoms with E-state index < -0.39 is 0 Å². The van der Waals surface area contributed by atoms with Gasteiger partial charge in [0.25, 0.3) is 0 Å². The van der Waals surface area contributed by atoms with E-state index in [4.69, 9.17) is 10.00 Å². The number of nitriles is 1. The number of rotatable bonds is 5. The monoisotopic (exact) mass is 287 g/mol. The molecule has 0 spiro atoms. The molecule has 1 aromatic carbocycles. The molecule has 1 aliphatic heterocycles. The molecular formula is C16H21N3O2. The second kappa shape index (κ2) is 7.21. The second-order valence-electron chi connectivity index (χ2n) is 5.46. The van der Waals surface area contributed by atoms with Crippen LogP contribution in [0.2, 0.25) is 0 Å². The number of nitrogens with zero attached hydrogens (tertiary/aromatic N) is 2. The molecule has 0 bridgehead atoms. The Morgan fingerprint density at radius 3 is 2.86 bits per heavy atom. The number of likely N-dealkylation sites (tertiary alicyclic amines) is 1. The van der Waals surface area contributed by atoms with Crippen molar-refractivity contribution in [1.29, 1.82) is 5.26 Å². The van der Waals surface area contributed by atoms with Crippen molar-refractivity contribution < 1.29 is 9.53 Å². The summed E-state index contributed by atoms with van der Waals surface area (Å²) in [6.07, 6.45) is 1.07. The van der Waals surface area contributed by atoms with Crippen LogP contribution in [0.3, 0.4) is 0 Å². The van der Waals surface area contributed by atoms with Crippen LogP contribution < -0.4 is 5.32 Å². The third-order valence-electron chi connectivity index (χ3n) is 3.93. The zero-order valence-electron chi connectivity index (χ0n) is 12.5. The van der Waals surface area contributed by atoms with Crippen molar-refractivity contribution in [2.45, 2.75) is 19.4 Å². The first-order valence-corrected chi connectivity index (χ1v) is 7.18. The zero-order chi connectivity index (χ0) is 15.2. The van der Waals surface area contributed by atoms with Gasteiger partial charge in [-0.05, 0) is 50.1 Å². The van der Waals surface area contributed by atoms with Gasteiger partial charge in [-0.3, -0.25) is 9.69 Å². The van der Waals surface area contributed by atoms with Gasteiger partial charge < -0.3 is 10.1 Å². The van der Waals surface area contributed by atoms with E-state index in [1.165, 1.54) is 0 Å². The maximum absolute atomic E-state index is 12.3. The summed E-state index contributed by atoms with van der Waals surface area (Å²) in [6.45, 7) is 4.50. The Morgan fingerprint density at radius 1 is 1.52 bits per heavy atom. The maximum atomic E-state index is 12.3. The molecule has 0 aliphatic carbocycles. The lowest BCUT2D eigenvalue weighted by Crippen LogP contribution is -2.40. The summed E-state index contributed by atoms with van der Waals surface area (Å²) in [5.74, 6) is 0.498. The van der Waals surface area contributed by atoms with E-state index in [9.17, 15) is 4.79 Å². The van der Waals surface area contributed by atoms with Crippen LogP contribution >= 0.6 is 0 Å². The smallest absolute Gasteiger partial charge is 0.241 e. The van der Waals surface area contributed by atoms with Crippen molar-refractivity contribution in [2.24, 2.45) is 5.92 Å². The highest BCUT2D eigenvalue weighted by Gasteiger charge is 2.29.